The summed E-state index contributed by atoms with van der Waals surface area (Å²) in [7, 11) is 0. The van der Waals surface area contributed by atoms with Crippen molar-refractivity contribution >= 4 is 5.91 Å². The van der Waals surface area contributed by atoms with E-state index in [1.54, 1.807) is 0 Å². The van der Waals surface area contributed by atoms with Gasteiger partial charge in [-0.1, -0.05) is 0 Å². The van der Waals surface area contributed by atoms with Gasteiger partial charge < -0.3 is 145 Å². The molecule has 0 radical (unpaired) electrons. The maximum Gasteiger partial charge on any atom is 0.217 e. The van der Waals surface area contributed by atoms with Gasteiger partial charge in [-0.05, 0) is 13.8 Å². The Bertz CT molecular complexity index is 1540. The average Bonchev–Trinajstić information content (AvgIpc) is 3.32. The molecule has 0 spiro atoms. The van der Waals surface area contributed by atoms with Gasteiger partial charge in [0.15, 0.2) is 31.5 Å². The smallest absolute Gasteiger partial charge is 0.217 e. The first-order chi connectivity index (χ1) is 32.0. The molecule has 0 aromatic rings. The van der Waals surface area contributed by atoms with Gasteiger partial charge in [0.25, 0.3) is 0 Å². The molecule has 0 bridgehead atoms. The Balaban J connectivity index is 1.59. The van der Waals surface area contributed by atoms with E-state index in [1.807, 2.05) is 0 Å². The molecular weight excluding hydrogens is 934 g/mol. The van der Waals surface area contributed by atoms with E-state index in [0.29, 0.717) is 0 Å². The molecule has 5 aliphatic heterocycles. The number of nitrogens with one attached hydrogen (secondary N) is 1. The van der Waals surface area contributed by atoms with Crippen molar-refractivity contribution in [3.63, 3.8) is 0 Å². The molecule has 5 rings (SSSR count). The summed E-state index contributed by atoms with van der Waals surface area (Å²) in [5.41, 5.74) is 0. The van der Waals surface area contributed by atoms with Crippen molar-refractivity contribution in [2.45, 2.75) is 199 Å². The third-order valence-corrected chi connectivity index (χ3v) is 12.4. The Labute approximate surface area is 386 Å². The lowest BCUT2D eigenvalue weighted by molar-refractivity contribution is -0.399. The van der Waals surface area contributed by atoms with Crippen LogP contribution >= 0.6 is 0 Å². The maximum absolute atomic E-state index is 13.0. The summed E-state index contributed by atoms with van der Waals surface area (Å²) < 4.78 is 58.8. The van der Waals surface area contributed by atoms with Crippen LogP contribution in [-0.2, 0) is 52.2 Å². The fraction of sp³-hybridized carbons (Fsp3) is 0.974. The lowest BCUT2D eigenvalue weighted by Crippen LogP contribution is -2.71. The van der Waals surface area contributed by atoms with Crippen LogP contribution in [-0.4, -0.2) is 309 Å². The molecule has 1 amide bonds. The molecule has 0 aromatic heterocycles. The van der Waals surface area contributed by atoms with Crippen LogP contribution in [0.5, 0.6) is 0 Å². The van der Waals surface area contributed by atoms with Crippen LogP contribution in [0, 0.1) is 0 Å². The number of ether oxygens (including phenoxy) is 10. The molecule has 5 fully saturated rings. The van der Waals surface area contributed by atoms with E-state index in [1.165, 1.54) is 13.8 Å². The van der Waals surface area contributed by atoms with Crippen LogP contribution in [0.4, 0.5) is 0 Å². The molecular formula is C38H67NO29. The SMILES string of the molecule is CC(=O)N[C@H]1[C@H](O[C@@H]2[C@H](O[C@@H]3O[C@@H](C)[C@@H](O)[C@@H](O)[C@@H]3O)[C@@H](O)[C@H](O[C@@H]([C@H](O)[C@@H](O)CO)[C@H](O)CO)O[C@@H]2CO)O[C@H](CO)[C@@H](O[C@@H]2O[C@@H](C)[C@@H](O)[C@@H](O)[C@@H]2O)[C@@H]1O[C@H]1O[C@H](CO)[C@H](O)[C@H](O)[C@H]1O. The van der Waals surface area contributed by atoms with E-state index in [9.17, 15) is 96.7 Å². The van der Waals surface area contributed by atoms with E-state index < -0.39 is 217 Å². The van der Waals surface area contributed by atoms with Crippen molar-refractivity contribution in [2.75, 3.05) is 33.0 Å². The first-order valence-electron chi connectivity index (χ1n) is 21.8. The van der Waals surface area contributed by atoms with Gasteiger partial charge in [0.1, 0.15) is 134 Å². The highest BCUT2D eigenvalue weighted by Gasteiger charge is 2.58. The normalized spacial score (nSPS) is 47.8. The zero-order chi connectivity index (χ0) is 50.6. The van der Waals surface area contributed by atoms with E-state index in [-0.39, 0.29) is 0 Å². The van der Waals surface area contributed by atoms with Crippen LogP contribution in [0.25, 0.3) is 0 Å². The first-order valence-corrected chi connectivity index (χ1v) is 21.8. The van der Waals surface area contributed by atoms with Crippen LogP contribution in [0.2, 0.25) is 0 Å². The van der Waals surface area contributed by atoms with Gasteiger partial charge in [-0.2, -0.15) is 0 Å². The second kappa shape index (κ2) is 24.9. The fourth-order valence-corrected chi connectivity index (χ4v) is 8.39. The molecule has 5 heterocycles. The molecule has 0 aliphatic carbocycles. The number of rotatable bonds is 19. The molecule has 5 aliphatic rings. The molecule has 29 atom stereocenters. The summed E-state index contributed by atoms with van der Waals surface area (Å²) >= 11 is 0. The van der Waals surface area contributed by atoms with Crippen molar-refractivity contribution in [3.8, 4) is 0 Å². The monoisotopic (exact) mass is 1000 g/mol. The van der Waals surface area contributed by atoms with Gasteiger partial charge in [0, 0.05) is 6.92 Å². The predicted octanol–water partition coefficient (Wildman–Crippen LogP) is -12.3. The number of hydrogen-bond donors (Lipinski definition) is 19. The lowest BCUT2D eigenvalue weighted by Gasteiger charge is -2.52. The molecule has 30 heteroatoms. The number of aliphatic hydroxyl groups is 18. The molecule has 0 aromatic carbocycles. The van der Waals surface area contributed by atoms with Crippen molar-refractivity contribution < 1.29 is 144 Å². The van der Waals surface area contributed by atoms with Gasteiger partial charge >= 0.3 is 0 Å². The van der Waals surface area contributed by atoms with Crippen LogP contribution in [0.1, 0.15) is 20.8 Å². The largest absolute Gasteiger partial charge is 0.394 e. The number of hydrogen-bond acceptors (Lipinski definition) is 29. The molecule has 5 saturated heterocycles. The average molecular weight is 1000 g/mol. The van der Waals surface area contributed by atoms with Gasteiger partial charge in [0.2, 0.25) is 5.91 Å². The Morgan fingerprint density at radius 1 is 0.471 bits per heavy atom. The Kier molecular flexibility index (Phi) is 20.9. The first kappa shape index (κ1) is 57.3. The third-order valence-electron chi connectivity index (χ3n) is 12.4. The minimum atomic E-state index is -2.30. The summed E-state index contributed by atoms with van der Waals surface area (Å²) in [4.78, 5) is 13.0. The van der Waals surface area contributed by atoms with E-state index in [4.69, 9.17) is 47.4 Å². The van der Waals surface area contributed by atoms with Gasteiger partial charge in [-0.15, -0.1) is 0 Å². The lowest BCUT2D eigenvalue weighted by atomic mass is 9.93. The van der Waals surface area contributed by atoms with Crippen LogP contribution in [0.3, 0.4) is 0 Å². The summed E-state index contributed by atoms with van der Waals surface area (Å²) in [5.74, 6) is -0.894. The quantitative estimate of drug-likeness (QED) is 0.0571. The van der Waals surface area contributed by atoms with Crippen LogP contribution < -0.4 is 5.32 Å². The summed E-state index contributed by atoms with van der Waals surface area (Å²) in [5, 5.41) is 193. The maximum atomic E-state index is 13.0. The van der Waals surface area contributed by atoms with Gasteiger partial charge in [0.05, 0.1) is 45.2 Å². The summed E-state index contributed by atoms with van der Waals surface area (Å²) in [6, 6.07) is -1.85. The van der Waals surface area contributed by atoms with Crippen molar-refractivity contribution in [3.05, 3.63) is 0 Å². The van der Waals surface area contributed by atoms with Gasteiger partial charge in [-0.3, -0.25) is 4.79 Å². The molecule has 0 saturated carbocycles. The summed E-state index contributed by atoms with van der Waals surface area (Å²) in [6.45, 7) is -1.78. The predicted molar refractivity (Wildman–Crippen MR) is 210 cm³/mol. The molecule has 68 heavy (non-hydrogen) atoms. The Morgan fingerprint density at radius 3 is 1.34 bits per heavy atom. The van der Waals surface area contributed by atoms with Crippen molar-refractivity contribution in [2.24, 2.45) is 0 Å². The number of aliphatic hydroxyl groups excluding tert-OH is 18. The second-order valence-electron chi connectivity index (χ2n) is 17.2. The minimum Gasteiger partial charge on any atom is -0.394 e. The Hall–Kier alpha value is -1.65. The van der Waals surface area contributed by atoms with E-state index >= 15 is 0 Å². The summed E-state index contributed by atoms with van der Waals surface area (Å²) in [6.07, 6.45) is -53.5. The highest BCUT2D eigenvalue weighted by atomic mass is 16.8. The van der Waals surface area contributed by atoms with E-state index in [0.717, 1.165) is 6.92 Å². The minimum absolute atomic E-state index is 0.894. The molecule has 19 N–H and O–H groups in total. The topological polar surface area (TPSA) is 486 Å². The highest BCUT2D eigenvalue weighted by Crippen LogP contribution is 2.38. The molecule has 30 nitrogen and oxygen atoms in total. The van der Waals surface area contributed by atoms with Crippen molar-refractivity contribution in [1.82, 2.24) is 5.32 Å². The molecule has 0 unspecified atom stereocenters. The highest BCUT2D eigenvalue weighted by molar-refractivity contribution is 5.73. The van der Waals surface area contributed by atoms with Crippen molar-refractivity contribution in [1.29, 1.82) is 0 Å². The third kappa shape index (κ3) is 12.4. The zero-order valence-corrected chi connectivity index (χ0v) is 36.8. The van der Waals surface area contributed by atoms with Crippen LogP contribution in [0.15, 0.2) is 0 Å². The molecule has 398 valence electrons. The fourth-order valence-electron chi connectivity index (χ4n) is 8.39. The van der Waals surface area contributed by atoms with E-state index in [2.05, 4.69) is 5.32 Å². The Morgan fingerprint density at radius 2 is 0.868 bits per heavy atom. The number of amides is 1. The standard InChI is InChI=1S/C38H67NO29/c1-9-18(48)22(52)25(55)35(59-9)66-30-15(7-43)62-34(17(39-11(3)45)32(30)67-37-27(57)24(54)21(51)14(6-42)61-37)65-31-16(8-44)63-38(64-29(13(47)5-41)20(50)12(46)4-40)28(58)33(31)68-36-26(56)23(53)19(49)10(2)60-36/h9-10,12-38,40-44,46-58H,4-8H2,1-3H3,(H,39,45)/t9-,10-,12-,13+,14+,15+,16+,17+,18+,19+,20+,21-,22+,23+,24-,25-,26-,27+,28+,29+,30+,31-,32+,33+,34-,35-,36-,37+,38-/m0/s1. The second-order valence-corrected chi connectivity index (χ2v) is 17.2. The number of carbonyl (C=O) groups excluding carboxylic acids is 1. The zero-order valence-electron chi connectivity index (χ0n) is 36.8. The van der Waals surface area contributed by atoms with Gasteiger partial charge in [-0.25, -0.2) is 0 Å². The number of carbonyl (C=O) groups is 1.